The molecular weight excluding hydrogens is 195 g/mol. The fourth-order valence-corrected chi connectivity index (χ4v) is 2.03. The van der Waals surface area contributed by atoms with Crippen molar-refractivity contribution in [2.75, 3.05) is 7.05 Å². The monoisotopic (exact) mass is 208 g/mol. The third-order valence-corrected chi connectivity index (χ3v) is 2.84. The second kappa shape index (κ2) is 3.62. The van der Waals surface area contributed by atoms with E-state index in [1.165, 1.54) is 12.1 Å². The summed E-state index contributed by atoms with van der Waals surface area (Å²) < 4.78 is 12.7. The van der Waals surface area contributed by atoms with Gasteiger partial charge in [-0.15, -0.1) is 0 Å². The Balaban J connectivity index is 2.30. The van der Waals surface area contributed by atoms with E-state index in [-0.39, 0.29) is 23.8 Å². The molecule has 0 spiro atoms. The number of benzene rings is 1. The van der Waals surface area contributed by atoms with Gasteiger partial charge in [0.2, 0.25) is 5.91 Å². The molecule has 3 nitrogen and oxygen atoms in total. The molecule has 1 aromatic rings. The molecule has 0 bridgehead atoms. The predicted molar refractivity (Wildman–Crippen MR) is 54.5 cm³/mol. The summed E-state index contributed by atoms with van der Waals surface area (Å²) in [4.78, 5) is 13.0. The van der Waals surface area contributed by atoms with Crippen LogP contribution in [-0.2, 0) is 4.79 Å². The molecule has 0 saturated carbocycles. The SMILES string of the molecule is CN1C(=O)C[C@H](N)[C@@H]1c1ccc(F)cc1. The summed E-state index contributed by atoms with van der Waals surface area (Å²) in [6, 6.07) is 5.80. The van der Waals surface area contributed by atoms with Crippen molar-refractivity contribution in [1.82, 2.24) is 4.90 Å². The van der Waals surface area contributed by atoms with Gasteiger partial charge >= 0.3 is 0 Å². The van der Waals surface area contributed by atoms with Crippen molar-refractivity contribution in [2.45, 2.75) is 18.5 Å². The number of hydrogen-bond acceptors (Lipinski definition) is 2. The number of nitrogens with two attached hydrogens (primary N) is 1. The first-order chi connectivity index (χ1) is 7.09. The van der Waals surface area contributed by atoms with E-state index >= 15 is 0 Å². The van der Waals surface area contributed by atoms with E-state index in [4.69, 9.17) is 5.73 Å². The van der Waals surface area contributed by atoms with Crippen molar-refractivity contribution in [3.05, 3.63) is 35.6 Å². The zero-order chi connectivity index (χ0) is 11.0. The lowest BCUT2D eigenvalue weighted by Crippen LogP contribution is -2.30. The van der Waals surface area contributed by atoms with Crippen molar-refractivity contribution in [3.63, 3.8) is 0 Å². The molecular formula is C11H13FN2O. The standard InChI is InChI=1S/C11H13FN2O/c1-14-10(15)6-9(13)11(14)7-2-4-8(12)5-3-7/h2-5,9,11H,6,13H2,1H3/t9-,11-/m0/s1. The maximum absolute atomic E-state index is 12.7. The number of nitrogens with zero attached hydrogens (tertiary/aromatic N) is 1. The Morgan fingerprint density at radius 1 is 1.40 bits per heavy atom. The summed E-state index contributed by atoms with van der Waals surface area (Å²) in [5.41, 5.74) is 6.76. The molecule has 2 atom stereocenters. The summed E-state index contributed by atoms with van der Waals surface area (Å²) >= 11 is 0. The highest BCUT2D eigenvalue weighted by Crippen LogP contribution is 2.30. The van der Waals surface area contributed by atoms with Gasteiger partial charge in [-0.25, -0.2) is 4.39 Å². The second-order valence-corrected chi connectivity index (χ2v) is 3.87. The molecule has 0 unspecified atom stereocenters. The van der Waals surface area contributed by atoms with Gasteiger partial charge in [-0.3, -0.25) is 4.79 Å². The van der Waals surface area contributed by atoms with Crippen LogP contribution in [0.25, 0.3) is 0 Å². The first kappa shape index (κ1) is 10.1. The Kier molecular flexibility index (Phi) is 2.44. The van der Waals surface area contributed by atoms with Crippen LogP contribution >= 0.6 is 0 Å². The second-order valence-electron chi connectivity index (χ2n) is 3.87. The summed E-state index contributed by atoms with van der Waals surface area (Å²) in [6.07, 6.45) is 0.360. The number of rotatable bonds is 1. The highest BCUT2D eigenvalue weighted by Gasteiger charge is 2.35. The van der Waals surface area contributed by atoms with Crippen molar-refractivity contribution in [1.29, 1.82) is 0 Å². The molecule has 2 rings (SSSR count). The number of hydrogen-bond donors (Lipinski definition) is 1. The molecule has 4 heteroatoms. The summed E-state index contributed by atoms with van der Waals surface area (Å²) in [7, 11) is 1.73. The molecule has 0 radical (unpaired) electrons. The Morgan fingerprint density at radius 2 is 2.00 bits per heavy atom. The normalized spacial score (nSPS) is 26.1. The van der Waals surface area contributed by atoms with Crippen molar-refractivity contribution in [2.24, 2.45) is 5.73 Å². The molecule has 1 aromatic carbocycles. The lowest BCUT2D eigenvalue weighted by molar-refractivity contribution is -0.127. The van der Waals surface area contributed by atoms with Crippen molar-refractivity contribution in [3.8, 4) is 0 Å². The summed E-state index contributed by atoms with van der Waals surface area (Å²) in [6.45, 7) is 0. The molecule has 15 heavy (non-hydrogen) atoms. The van der Waals surface area contributed by atoms with E-state index in [0.29, 0.717) is 6.42 Å². The van der Waals surface area contributed by atoms with Crippen molar-refractivity contribution < 1.29 is 9.18 Å². The minimum Gasteiger partial charge on any atom is -0.337 e. The smallest absolute Gasteiger partial charge is 0.224 e. The first-order valence-corrected chi connectivity index (χ1v) is 4.86. The van der Waals surface area contributed by atoms with E-state index in [9.17, 15) is 9.18 Å². The highest BCUT2D eigenvalue weighted by atomic mass is 19.1. The molecule has 2 N–H and O–H groups in total. The molecule has 1 saturated heterocycles. The van der Waals surface area contributed by atoms with E-state index < -0.39 is 0 Å². The lowest BCUT2D eigenvalue weighted by Gasteiger charge is -2.23. The van der Waals surface area contributed by atoms with Crippen LogP contribution in [0.2, 0.25) is 0 Å². The molecule has 1 amide bonds. The maximum Gasteiger partial charge on any atom is 0.224 e. The Labute approximate surface area is 87.7 Å². The van der Waals surface area contributed by atoms with Crippen LogP contribution in [0.1, 0.15) is 18.0 Å². The minimum absolute atomic E-state index is 0.0387. The predicted octanol–water partition coefficient (Wildman–Crippen LogP) is 1.06. The van der Waals surface area contributed by atoms with Crippen LogP contribution in [0.5, 0.6) is 0 Å². The highest BCUT2D eigenvalue weighted by molar-refractivity contribution is 5.80. The number of carbonyl (C=O) groups excluding carboxylic acids is 1. The average Bonchev–Trinajstić information content (AvgIpc) is 2.44. The quantitative estimate of drug-likeness (QED) is 0.750. The van der Waals surface area contributed by atoms with Crippen LogP contribution in [0.3, 0.4) is 0 Å². The molecule has 0 aromatic heterocycles. The van der Waals surface area contributed by atoms with Crippen LogP contribution in [-0.4, -0.2) is 23.9 Å². The van der Waals surface area contributed by atoms with Gasteiger partial charge in [0.05, 0.1) is 6.04 Å². The van der Waals surface area contributed by atoms with Crippen LogP contribution < -0.4 is 5.73 Å². The third-order valence-electron chi connectivity index (χ3n) is 2.84. The van der Waals surface area contributed by atoms with Crippen LogP contribution in [0.4, 0.5) is 4.39 Å². The van der Waals surface area contributed by atoms with E-state index in [1.807, 2.05) is 0 Å². The fraction of sp³-hybridized carbons (Fsp3) is 0.364. The largest absolute Gasteiger partial charge is 0.337 e. The lowest BCUT2D eigenvalue weighted by atomic mass is 10.0. The van der Waals surface area contributed by atoms with Gasteiger partial charge in [-0.2, -0.15) is 0 Å². The van der Waals surface area contributed by atoms with Gasteiger partial charge in [0.15, 0.2) is 0 Å². The summed E-state index contributed by atoms with van der Waals surface area (Å²) in [5, 5.41) is 0. The van der Waals surface area contributed by atoms with Crippen LogP contribution in [0, 0.1) is 5.82 Å². The van der Waals surface area contributed by atoms with Gasteiger partial charge < -0.3 is 10.6 Å². The molecule has 1 aliphatic heterocycles. The molecule has 0 aliphatic carbocycles. The number of amides is 1. The van der Waals surface area contributed by atoms with Gasteiger partial charge in [0.1, 0.15) is 5.82 Å². The van der Waals surface area contributed by atoms with E-state index in [0.717, 1.165) is 5.56 Å². The maximum atomic E-state index is 12.7. The Morgan fingerprint density at radius 3 is 2.47 bits per heavy atom. The average molecular weight is 208 g/mol. The van der Waals surface area contributed by atoms with Gasteiger partial charge in [-0.1, -0.05) is 12.1 Å². The van der Waals surface area contributed by atoms with E-state index in [2.05, 4.69) is 0 Å². The molecule has 1 heterocycles. The fourth-order valence-electron chi connectivity index (χ4n) is 2.03. The van der Waals surface area contributed by atoms with Gasteiger partial charge in [0.25, 0.3) is 0 Å². The summed E-state index contributed by atoms with van der Waals surface area (Å²) in [5.74, 6) is -0.240. The Bertz CT molecular complexity index is 377. The topological polar surface area (TPSA) is 46.3 Å². The zero-order valence-electron chi connectivity index (χ0n) is 8.48. The van der Waals surface area contributed by atoms with Crippen molar-refractivity contribution >= 4 is 5.91 Å². The Hall–Kier alpha value is -1.42. The zero-order valence-corrected chi connectivity index (χ0v) is 8.48. The third kappa shape index (κ3) is 1.72. The molecule has 1 fully saturated rings. The van der Waals surface area contributed by atoms with E-state index in [1.54, 1.807) is 24.1 Å². The number of likely N-dealkylation sites (N-methyl/N-ethyl adjacent to an activating group) is 1. The van der Waals surface area contributed by atoms with Gasteiger partial charge in [0, 0.05) is 19.5 Å². The van der Waals surface area contributed by atoms with Crippen LogP contribution in [0.15, 0.2) is 24.3 Å². The van der Waals surface area contributed by atoms with Gasteiger partial charge in [-0.05, 0) is 17.7 Å². The minimum atomic E-state index is -0.278. The molecule has 80 valence electrons. The number of carbonyl (C=O) groups is 1. The molecule has 1 aliphatic rings. The number of halogens is 1. The number of likely N-dealkylation sites (tertiary alicyclic amines) is 1. The first-order valence-electron chi connectivity index (χ1n) is 4.86.